The maximum absolute atomic E-state index is 13.4. The summed E-state index contributed by atoms with van der Waals surface area (Å²) < 4.78 is 16.4. The standard InChI is InChI=1S/C28H26ClNO7/c1-4-36-19-8-6-7-17(14-19)30-25(16-9-12-22(31)23(13-16)37-5-2)24(27(33)28(30)34)26(32)20-15-18(35-3)10-11-21(20)29/h6-15,25,31-32H,4-5H2,1-3H3/b26-24+. The molecule has 3 aromatic rings. The lowest BCUT2D eigenvalue weighted by Gasteiger charge is -2.26. The van der Waals surface area contributed by atoms with E-state index in [0.29, 0.717) is 29.4 Å². The molecule has 9 heteroatoms. The normalized spacial score (nSPS) is 16.6. The third-order valence-corrected chi connectivity index (χ3v) is 6.21. The fraction of sp³-hybridized carbons (Fsp3) is 0.214. The molecule has 2 N–H and O–H groups in total. The van der Waals surface area contributed by atoms with E-state index in [4.69, 9.17) is 25.8 Å². The molecule has 8 nitrogen and oxygen atoms in total. The van der Waals surface area contributed by atoms with Crippen molar-refractivity contribution in [1.82, 2.24) is 0 Å². The van der Waals surface area contributed by atoms with E-state index in [2.05, 4.69) is 0 Å². The molecule has 1 aliphatic rings. The molecule has 0 aliphatic carbocycles. The molecule has 0 aromatic heterocycles. The van der Waals surface area contributed by atoms with Gasteiger partial charge in [-0.15, -0.1) is 0 Å². The Morgan fingerprint density at radius 1 is 0.973 bits per heavy atom. The van der Waals surface area contributed by atoms with E-state index in [1.807, 2.05) is 6.92 Å². The van der Waals surface area contributed by atoms with E-state index >= 15 is 0 Å². The highest BCUT2D eigenvalue weighted by Crippen LogP contribution is 2.45. The van der Waals surface area contributed by atoms with Gasteiger partial charge < -0.3 is 24.4 Å². The summed E-state index contributed by atoms with van der Waals surface area (Å²) in [5.41, 5.74) is 0.786. The second-order valence-corrected chi connectivity index (χ2v) is 8.51. The molecule has 1 unspecified atom stereocenters. The Morgan fingerprint density at radius 2 is 1.73 bits per heavy atom. The number of anilines is 1. The fourth-order valence-corrected chi connectivity index (χ4v) is 4.44. The van der Waals surface area contributed by atoms with Gasteiger partial charge in [-0.25, -0.2) is 0 Å². The third kappa shape index (κ3) is 4.93. The summed E-state index contributed by atoms with van der Waals surface area (Å²) in [6.07, 6.45) is 0. The molecular formula is C28H26ClNO7. The van der Waals surface area contributed by atoms with Crippen molar-refractivity contribution < 1.29 is 34.0 Å². The maximum Gasteiger partial charge on any atom is 0.300 e. The first-order valence-corrected chi connectivity index (χ1v) is 12.0. The van der Waals surface area contributed by atoms with Crippen LogP contribution in [-0.4, -0.2) is 42.2 Å². The van der Waals surface area contributed by atoms with Crippen molar-refractivity contribution in [3.05, 3.63) is 82.4 Å². The predicted octanol–water partition coefficient (Wildman–Crippen LogP) is 5.48. The van der Waals surface area contributed by atoms with Crippen molar-refractivity contribution >= 4 is 34.7 Å². The van der Waals surface area contributed by atoms with Gasteiger partial charge in [-0.3, -0.25) is 14.5 Å². The van der Waals surface area contributed by atoms with Crippen molar-refractivity contribution in [3.63, 3.8) is 0 Å². The monoisotopic (exact) mass is 523 g/mol. The Balaban J connectivity index is 1.98. The van der Waals surface area contributed by atoms with E-state index < -0.39 is 23.5 Å². The number of rotatable bonds is 8. The number of Topliss-reactive ketones (excluding diaryl/α,β-unsaturated/α-hetero) is 1. The zero-order valence-electron chi connectivity index (χ0n) is 20.5. The summed E-state index contributed by atoms with van der Waals surface area (Å²) in [6, 6.07) is 14.8. The number of hydrogen-bond acceptors (Lipinski definition) is 7. The number of aromatic hydroxyl groups is 1. The van der Waals surface area contributed by atoms with Crippen molar-refractivity contribution in [3.8, 4) is 23.0 Å². The maximum atomic E-state index is 13.4. The average Bonchev–Trinajstić information content (AvgIpc) is 3.16. The largest absolute Gasteiger partial charge is 0.507 e. The molecule has 0 bridgehead atoms. The number of carbonyl (C=O) groups excluding carboxylic acids is 2. The lowest BCUT2D eigenvalue weighted by molar-refractivity contribution is -0.132. The molecule has 0 spiro atoms. The number of aliphatic hydroxyl groups is 1. The van der Waals surface area contributed by atoms with Crippen LogP contribution < -0.4 is 19.1 Å². The van der Waals surface area contributed by atoms with E-state index in [1.165, 1.54) is 36.3 Å². The van der Waals surface area contributed by atoms with Gasteiger partial charge in [0.2, 0.25) is 0 Å². The van der Waals surface area contributed by atoms with Gasteiger partial charge in [0.15, 0.2) is 11.5 Å². The molecular weight excluding hydrogens is 498 g/mol. The highest BCUT2D eigenvalue weighted by Gasteiger charge is 2.47. The zero-order valence-corrected chi connectivity index (χ0v) is 21.3. The smallest absolute Gasteiger partial charge is 0.300 e. The minimum absolute atomic E-state index is 0.100. The number of phenols is 1. The number of carbonyl (C=O) groups is 2. The number of ether oxygens (including phenoxy) is 3. The first-order chi connectivity index (χ1) is 17.8. The average molecular weight is 524 g/mol. The quantitative estimate of drug-likeness (QED) is 0.229. The number of hydrogen-bond donors (Lipinski definition) is 2. The zero-order chi connectivity index (χ0) is 26.7. The summed E-state index contributed by atoms with van der Waals surface area (Å²) in [5, 5.41) is 21.8. The first-order valence-electron chi connectivity index (χ1n) is 11.6. The molecule has 1 heterocycles. The van der Waals surface area contributed by atoms with Gasteiger partial charge in [-0.2, -0.15) is 0 Å². The molecule has 0 saturated carbocycles. The van der Waals surface area contributed by atoms with Gasteiger partial charge in [-0.05, 0) is 61.9 Å². The fourth-order valence-electron chi connectivity index (χ4n) is 4.23. The van der Waals surface area contributed by atoms with Crippen LogP contribution in [0.4, 0.5) is 5.69 Å². The van der Waals surface area contributed by atoms with E-state index in [0.717, 1.165) is 0 Å². The Kier molecular flexibility index (Phi) is 7.59. The Labute approximate surface area is 219 Å². The van der Waals surface area contributed by atoms with Gasteiger partial charge in [-0.1, -0.05) is 23.7 Å². The number of benzene rings is 3. The molecule has 1 aliphatic heterocycles. The van der Waals surface area contributed by atoms with Crippen molar-refractivity contribution in [2.45, 2.75) is 19.9 Å². The van der Waals surface area contributed by atoms with E-state index in [-0.39, 0.29) is 34.3 Å². The minimum atomic E-state index is -1.06. The number of phenolic OH excluding ortho intramolecular Hbond substituents is 1. The second kappa shape index (κ2) is 10.8. The number of methoxy groups -OCH3 is 1. The predicted molar refractivity (Wildman–Crippen MR) is 140 cm³/mol. The molecule has 0 radical (unpaired) electrons. The second-order valence-electron chi connectivity index (χ2n) is 8.11. The summed E-state index contributed by atoms with van der Waals surface area (Å²) >= 11 is 6.37. The molecule has 1 saturated heterocycles. The van der Waals surface area contributed by atoms with Gasteiger partial charge in [0.25, 0.3) is 11.7 Å². The number of ketones is 1. The van der Waals surface area contributed by atoms with Crippen molar-refractivity contribution in [2.75, 3.05) is 25.2 Å². The topological polar surface area (TPSA) is 106 Å². The minimum Gasteiger partial charge on any atom is -0.507 e. The molecule has 3 aromatic carbocycles. The van der Waals surface area contributed by atoms with Crippen LogP contribution in [0.25, 0.3) is 5.76 Å². The molecule has 4 rings (SSSR count). The molecule has 192 valence electrons. The number of amides is 1. The van der Waals surface area contributed by atoms with Gasteiger partial charge in [0.1, 0.15) is 17.3 Å². The van der Waals surface area contributed by atoms with Crippen LogP contribution in [0.2, 0.25) is 5.02 Å². The van der Waals surface area contributed by atoms with Crippen LogP contribution in [-0.2, 0) is 9.59 Å². The van der Waals surface area contributed by atoms with Crippen molar-refractivity contribution in [2.24, 2.45) is 0 Å². The summed E-state index contributed by atoms with van der Waals surface area (Å²) in [5.74, 6) is -1.20. The SMILES string of the molecule is CCOc1cccc(N2C(=O)C(=O)/C(=C(/O)c3cc(OC)ccc3Cl)C2c2ccc(O)c(OCC)c2)c1. The van der Waals surface area contributed by atoms with Crippen LogP contribution in [0.1, 0.15) is 31.0 Å². The van der Waals surface area contributed by atoms with Crippen LogP contribution in [0, 0.1) is 0 Å². The lowest BCUT2D eigenvalue weighted by Crippen LogP contribution is -2.29. The van der Waals surface area contributed by atoms with Gasteiger partial charge >= 0.3 is 0 Å². The highest BCUT2D eigenvalue weighted by molar-refractivity contribution is 6.52. The Morgan fingerprint density at radius 3 is 2.43 bits per heavy atom. The molecule has 1 atom stereocenters. The molecule has 37 heavy (non-hydrogen) atoms. The van der Waals surface area contributed by atoms with Gasteiger partial charge in [0.05, 0.1) is 37.0 Å². The van der Waals surface area contributed by atoms with Crippen LogP contribution in [0.5, 0.6) is 23.0 Å². The third-order valence-electron chi connectivity index (χ3n) is 5.88. The molecule has 1 fully saturated rings. The highest BCUT2D eigenvalue weighted by atomic mass is 35.5. The van der Waals surface area contributed by atoms with Crippen LogP contribution in [0.3, 0.4) is 0 Å². The summed E-state index contributed by atoms with van der Waals surface area (Å²) in [4.78, 5) is 28.2. The molecule has 1 amide bonds. The summed E-state index contributed by atoms with van der Waals surface area (Å²) in [7, 11) is 1.46. The Bertz CT molecular complexity index is 1380. The van der Waals surface area contributed by atoms with Gasteiger partial charge in [0, 0.05) is 17.3 Å². The number of halogens is 1. The summed E-state index contributed by atoms with van der Waals surface area (Å²) in [6.45, 7) is 4.30. The van der Waals surface area contributed by atoms with Crippen LogP contribution in [0.15, 0.2) is 66.2 Å². The van der Waals surface area contributed by atoms with Crippen LogP contribution >= 0.6 is 11.6 Å². The number of nitrogens with zero attached hydrogens (tertiary/aromatic N) is 1. The first kappa shape index (κ1) is 25.9. The van der Waals surface area contributed by atoms with E-state index in [9.17, 15) is 19.8 Å². The number of aliphatic hydroxyl groups excluding tert-OH is 1. The lowest BCUT2D eigenvalue weighted by atomic mass is 9.94. The van der Waals surface area contributed by atoms with Crippen molar-refractivity contribution in [1.29, 1.82) is 0 Å². The van der Waals surface area contributed by atoms with E-state index in [1.54, 1.807) is 43.3 Å². The Hall–Kier alpha value is -4.17.